The van der Waals surface area contributed by atoms with Crippen molar-refractivity contribution in [1.29, 1.82) is 0 Å². The van der Waals surface area contributed by atoms with Crippen molar-refractivity contribution in [3.8, 4) is 5.75 Å². The Bertz CT molecular complexity index is 405. The Balaban J connectivity index is 0.00000180. The van der Waals surface area contributed by atoms with Crippen LogP contribution in [0.25, 0.3) is 0 Å². The molecule has 1 aromatic rings. The number of ether oxygens (including phenoxy) is 1. The lowest BCUT2D eigenvalue weighted by Crippen LogP contribution is -2.33. The Hall–Kier alpha value is -1.26. The zero-order valence-corrected chi connectivity index (χ0v) is 11.7. The quantitative estimate of drug-likeness (QED) is 0.904. The lowest BCUT2D eigenvalue weighted by atomic mass is 10.1. The number of likely N-dealkylation sites (tertiary alicyclic amines) is 1. The summed E-state index contributed by atoms with van der Waals surface area (Å²) in [6.45, 7) is 3.83. The van der Waals surface area contributed by atoms with Crippen LogP contribution in [-0.4, -0.2) is 42.2 Å². The maximum absolute atomic E-state index is 10.8. The van der Waals surface area contributed by atoms with Crippen molar-refractivity contribution in [3.63, 3.8) is 0 Å². The zero-order valence-electron chi connectivity index (χ0n) is 10.9. The van der Waals surface area contributed by atoms with E-state index in [4.69, 9.17) is 9.84 Å². The highest BCUT2D eigenvalue weighted by molar-refractivity contribution is 5.88. The molecule has 0 aromatic heterocycles. The van der Waals surface area contributed by atoms with Crippen LogP contribution in [0, 0.1) is 0 Å². The molecule has 19 heavy (non-hydrogen) atoms. The molecule has 106 valence electrons. The zero-order chi connectivity index (χ0) is 12.8. The first kappa shape index (κ1) is 15.8. The molecule has 5 heteroatoms. The smallest absolute Gasteiger partial charge is 0.335 e. The van der Waals surface area contributed by atoms with Crippen LogP contribution in [0.2, 0.25) is 0 Å². The van der Waals surface area contributed by atoms with Crippen molar-refractivity contribution in [2.45, 2.75) is 19.3 Å². The number of halogens is 1. The van der Waals surface area contributed by atoms with Gasteiger partial charge >= 0.3 is 5.97 Å². The average Bonchev–Trinajstić information content (AvgIpc) is 2.40. The molecule has 0 aliphatic carbocycles. The van der Waals surface area contributed by atoms with Gasteiger partial charge in [-0.25, -0.2) is 4.79 Å². The molecule has 1 N–H and O–H groups in total. The van der Waals surface area contributed by atoms with Crippen LogP contribution < -0.4 is 4.74 Å². The molecule has 0 atom stereocenters. The lowest BCUT2D eigenvalue weighted by Gasteiger charge is -2.26. The van der Waals surface area contributed by atoms with Crippen molar-refractivity contribution in [2.75, 3.05) is 26.2 Å². The average molecular weight is 286 g/mol. The molecule has 0 spiro atoms. The van der Waals surface area contributed by atoms with Crippen LogP contribution in [0.5, 0.6) is 5.75 Å². The third-order valence-corrected chi connectivity index (χ3v) is 3.21. The fraction of sp³-hybridized carbons (Fsp3) is 0.500. The first-order valence-corrected chi connectivity index (χ1v) is 6.44. The summed E-state index contributed by atoms with van der Waals surface area (Å²) in [5, 5.41) is 8.87. The maximum atomic E-state index is 10.8. The van der Waals surface area contributed by atoms with E-state index in [1.54, 1.807) is 24.3 Å². The van der Waals surface area contributed by atoms with E-state index in [0.717, 1.165) is 19.6 Å². The summed E-state index contributed by atoms with van der Waals surface area (Å²) < 4.78 is 5.59. The molecule has 0 radical (unpaired) electrons. The Kier molecular flexibility index (Phi) is 6.67. The minimum Gasteiger partial charge on any atom is -0.492 e. The molecule has 4 nitrogen and oxygen atoms in total. The van der Waals surface area contributed by atoms with E-state index in [0.29, 0.717) is 12.4 Å². The topological polar surface area (TPSA) is 49.8 Å². The van der Waals surface area contributed by atoms with Crippen LogP contribution >= 0.6 is 12.4 Å². The second kappa shape index (κ2) is 8.02. The van der Waals surface area contributed by atoms with Crippen molar-refractivity contribution in [3.05, 3.63) is 29.8 Å². The van der Waals surface area contributed by atoms with Crippen LogP contribution in [0.1, 0.15) is 29.6 Å². The number of carboxylic acid groups (broad SMARTS) is 1. The number of piperidine rings is 1. The number of benzene rings is 1. The van der Waals surface area contributed by atoms with E-state index < -0.39 is 5.97 Å². The van der Waals surface area contributed by atoms with Gasteiger partial charge in [0, 0.05) is 6.54 Å². The normalized spacial score (nSPS) is 15.6. The molecule has 1 saturated heterocycles. The summed E-state index contributed by atoms with van der Waals surface area (Å²) in [5.41, 5.74) is 0.269. The van der Waals surface area contributed by atoms with Crippen molar-refractivity contribution in [1.82, 2.24) is 4.90 Å². The number of carbonyl (C=O) groups is 1. The summed E-state index contributed by atoms with van der Waals surface area (Å²) in [5.74, 6) is -0.289. The van der Waals surface area contributed by atoms with E-state index in [9.17, 15) is 4.79 Å². The first-order valence-electron chi connectivity index (χ1n) is 6.44. The molecule has 1 aliphatic heterocycles. The first-order chi connectivity index (χ1) is 8.75. The fourth-order valence-corrected chi connectivity index (χ4v) is 2.19. The van der Waals surface area contributed by atoms with E-state index in [1.807, 2.05) is 0 Å². The van der Waals surface area contributed by atoms with Crippen molar-refractivity contribution >= 4 is 18.4 Å². The highest BCUT2D eigenvalue weighted by Crippen LogP contribution is 2.14. The number of nitrogens with zero attached hydrogens (tertiary/aromatic N) is 1. The second-order valence-corrected chi connectivity index (χ2v) is 4.58. The number of carboxylic acids is 1. The third-order valence-electron chi connectivity index (χ3n) is 3.21. The Morgan fingerprint density at radius 3 is 2.68 bits per heavy atom. The molecule has 0 amide bonds. The van der Waals surface area contributed by atoms with Gasteiger partial charge in [0.25, 0.3) is 0 Å². The van der Waals surface area contributed by atoms with Gasteiger partial charge < -0.3 is 9.84 Å². The van der Waals surface area contributed by atoms with Gasteiger partial charge in [-0.2, -0.15) is 0 Å². The molecule has 1 aliphatic rings. The predicted molar refractivity (Wildman–Crippen MR) is 76.4 cm³/mol. The molecule has 1 aromatic carbocycles. The molecule has 0 unspecified atom stereocenters. The van der Waals surface area contributed by atoms with Gasteiger partial charge in [0.2, 0.25) is 0 Å². The lowest BCUT2D eigenvalue weighted by molar-refractivity contribution is 0.0696. The summed E-state index contributed by atoms with van der Waals surface area (Å²) >= 11 is 0. The monoisotopic (exact) mass is 285 g/mol. The summed E-state index contributed by atoms with van der Waals surface area (Å²) in [7, 11) is 0. The number of hydrogen-bond donors (Lipinski definition) is 1. The standard InChI is InChI=1S/C14H19NO3.ClH/c16-14(17)12-5-4-6-13(11-12)18-10-9-15-7-2-1-3-8-15;/h4-6,11H,1-3,7-10H2,(H,16,17);1H. The third kappa shape index (κ3) is 5.09. The van der Waals surface area contributed by atoms with Crippen LogP contribution in [0.3, 0.4) is 0 Å². The maximum Gasteiger partial charge on any atom is 0.335 e. The molecule has 0 saturated carbocycles. The van der Waals surface area contributed by atoms with Gasteiger partial charge in [0.1, 0.15) is 12.4 Å². The second-order valence-electron chi connectivity index (χ2n) is 4.58. The van der Waals surface area contributed by atoms with E-state index in [-0.39, 0.29) is 18.0 Å². The molecule has 0 bridgehead atoms. The van der Waals surface area contributed by atoms with Gasteiger partial charge in [0.15, 0.2) is 0 Å². The number of hydrogen-bond acceptors (Lipinski definition) is 3. The van der Waals surface area contributed by atoms with E-state index >= 15 is 0 Å². The van der Waals surface area contributed by atoms with E-state index in [1.165, 1.54) is 19.3 Å². The van der Waals surface area contributed by atoms with Crippen LogP contribution in [0.15, 0.2) is 24.3 Å². The highest BCUT2D eigenvalue weighted by Gasteiger charge is 2.09. The Morgan fingerprint density at radius 1 is 1.26 bits per heavy atom. The van der Waals surface area contributed by atoms with Crippen LogP contribution in [0.4, 0.5) is 0 Å². The Labute approximate surface area is 119 Å². The largest absolute Gasteiger partial charge is 0.492 e. The highest BCUT2D eigenvalue weighted by atomic mass is 35.5. The summed E-state index contributed by atoms with van der Waals surface area (Å²) in [6.07, 6.45) is 3.88. The number of rotatable bonds is 5. The molecular formula is C14H20ClNO3. The summed E-state index contributed by atoms with van der Waals surface area (Å²) in [4.78, 5) is 13.2. The van der Waals surface area contributed by atoms with E-state index in [2.05, 4.69) is 4.90 Å². The minimum atomic E-state index is -0.920. The van der Waals surface area contributed by atoms with Gasteiger partial charge in [0.05, 0.1) is 5.56 Å². The molecule has 1 fully saturated rings. The summed E-state index contributed by atoms with van der Waals surface area (Å²) in [6, 6.07) is 6.64. The molecule has 1 heterocycles. The molecular weight excluding hydrogens is 266 g/mol. The van der Waals surface area contributed by atoms with Gasteiger partial charge in [-0.05, 0) is 44.1 Å². The van der Waals surface area contributed by atoms with Gasteiger partial charge in [-0.3, -0.25) is 4.90 Å². The molecule has 2 rings (SSSR count). The van der Waals surface area contributed by atoms with Crippen molar-refractivity contribution < 1.29 is 14.6 Å². The van der Waals surface area contributed by atoms with Crippen molar-refractivity contribution in [2.24, 2.45) is 0 Å². The van der Waals surface area contributed by atoms with Gasteiger partial charge in [-0.1, -0.05) is 12.5 Å². The number of aromatic carboxylic acids is 1. The predicted octanol–water partition coefficient (Wildman–Crippen LogP) is 2.67. The van der Waals surface area contributed by atoms with Gasteiger partial charge in [-0.15, -0.1) is 12.4 Å². The Morgan fingerprint density at radius 2 is 2.00 bits per heavy atom. The van der Waals surface area contributed by atoms with Crippen LogP contribution in [-0.2, 0) is 0 Å². The SMILES string of the molecule is Cl.O=C(O)c1cccc(OCCN2CCCCC2)c1. The minimum absolute atomic E-state index is 0. The fourth-order valence-electron chi connectivity index (χ4n) is 2.19.